The van der Waals surface area contributed by atoms with Gasteiger partial charge in [0.1, 0.15) is 6.79 Å². The number of nitrogens with zero attached hydrogens (tertiary/aromatic N) is 1. The molecule has 6 atom stereocenters. The van der Waals surface area contributed by atoms with Gasteiger partial charge in [-0.3, -0.25) is 4.79 Å². The van der Waals surface area contributed by atoms with Crippen molar-refractivity contribution in [3.8, 4) is 6.07 Å². The minimum atomic E-state index is -2.07. The molecule has 0 bridgehead atoms. The summed E-state index contributed by atoms with van der Waals surface area (Å²) in [6, 6.07) is 2.40. The number of carboxylic acids is 1. The number of ether oxygens (including phenoxy) is 3. The van der Waals surface area contributed by atoms with Crippen molar-refractivity contribution in [2.24, 2.45) is 23.7 Å². The Balaban J connectivity index is 5.14. The third-order valence-electron chi connectivity index (χ3n) is 8.15. The van der Waals surface area contributed by atoms with Gasteiger partial charge >= 0.3 is 5.97 Å². The lowest BCUT2D eigenvalue weighted by Crippen LogP contribution is -2.51. The number of carboxylic acid groups (broad SMARTS) is 1. The number of nitriles is 1. The lowest BCUT2D eigenvalue weighted by atomic mass is 9.82. The molecule has 0 aromatic rings. The van der Waals surface area contributed by atoms with Gasteiger partial charge in [0.25, 0.3) is 0 Å². The zero-order valence-corrected chi connectivity index (χ0v) is 27.3. The van der Waals surface area contributed by atoms with E-state index in [9.17, 15) is 15.2 Å². The zero-order chi connectivity index (χ0) is 29.5. The van der Waals surface area contributed by atoms with Crippen molar-refractivity contribution in [2.45, 2.75) is 130 Å². The van der Waals surface area contributed by atoms with Crippen LogP contribution in [0.1, 0.15) is 101 Å². The first-order valence-electron chi connectivity index (χ1n) is 14.7. The number of rotatable bonds is 22. The van der Waals surface area contributed by atoms with Crippen molar-refractivity contribution < 1.29 is 28.5 Å². The first-order chi connectivity index (χ1) is 17.7. The molecule has 0 aliphatic rings. The van der Waals surface area contributed by atoms with Crippen molar-refractivity contribution in [1.29, 1.82) is 5.26 Å². The van der Waals surface area contributed by atoms with Gasteiger partial charge in [0.2, 0.25) is 8.32 Å². The predicted octanol–water partition coefficient (Wildman–Crippen LogP) is 7.66. The lowest BCUT2D eigenvalue weighted by molar-refractivity contribution is -0.149. The molecule has 0 rings (SSSR count). The van der Waals surface area contributed by atoms with Gasteiger partial charge in [-0.15, -0.1) is 0 Å². The van der Waals surface area contributed by atoms with E-state index < -0.39 is 14.3 Å². The van der Waals surface area contributed by atoms with E-state index >= 15 is 0 Å². The molecule has 0 amide bonds. The monoisotopic (exact) mass is 557 g/mol. The Morgan fingerprint density at radius 1 is 0.816 bits per heavy atom. The fourth-order valence-corrected chi connectivity index (χ4v) is 12.2. The molecule has 7 nitrogen and oxygen atoms in total. The lowest BCUT2D eigenvalue weighted by Gasteiger charge is -2.45. The van der Waals surface area contributed by atoms with Crippen LogP contribution in [-0.4, -0.2) is 58.7 Å². The second kappa shape index (κ2) is 19.2. The summed E-state index contributed by atoms with van der Waals surface area (Å²) in [5.74, 6) is 0.431. The second-order valence-corrected chi connectivity index (χ2v) is 17.9. The third-order valence-corrected chi connectivity index (χ3v) is 14.3. The van der Waals surface area contributed by atoms with Crippen molar-refractivity contribution in [3.63, 3.8) is 0 Å². The highest BCUT2D eigenvalue weighted by atomic mass is 28.4. The molecule has 0 spiro atoms. The second-order valence-electron chi connectivity index (χ2n) is 12.5. The molecule has 0 radical (unpaired) electrons. The largest absolute Gasteiger partial charge is 0.481 e. The number of hydrogen-bond donors (Lipinski definition) is 1. The standard InChI is InChI=1S/C30H59NO6Si/c1-21(2)38(22(3)4,23(5)6)37-28(12-13-31)26(9)17-24(7)16-25(8)18-27(10)29(19-30(32)33)36-20-35-15-14-34-11/h21-29H,12,14-20H2,1-11H3,(H,32,33)/t24-,25+,26+,27+,28?,29+/m1/s1. The van der Waals surface area contributed by atoms with Crippen LogP contribution in [-0.2, 0) is 23.4 Å². The minimum absolute atomic E-state index is 0.0333. The normalized spacial score (nSPS) is 17.3. The number of aliphatic carboxylic acids is 1. The van der Waals surface area contributed by atoms with Gasteiger partial charge in [-0.05, 0) is 59.6 Å². The molecule has 8 heteroatoms. The van der Waals surface area contributed by atoms with E-state index in [1.54, 1.807) is 7.11 Å². The Morgan fingerprint density at radius 3 is 1.74 bits per heavy atom. The van der Waals surface area contributed by atoms with Gasteiger partial charge < -0.3 is 23.7 Å². The summed E-state index contributed by atoms with van der Waals surface area (Å²) in [5, 5.41) is 19.0. The summed E-state index contributed by atoms with van der Waals surface area (Å²) >= 11 is 0. The highest BCUT2D eigenvalue weighted by Crippen LogP contribution is 2.44. The summed E-state index contributed by atoms with van der Waals surface area (Å²) < 4.78 is 23.2. The summed E-state index contributed by atoms with van der Waals surface area (Å²) in [5.41, 5.74) is 1.46. The molecule has 1 unspecified atom stereocenters. The number of methoxy groups -OCH3 is 1. The summed E-state index contributed by atoms with van der Waals surface area (Å²) in [7, 11) is -0.462. The van der Waals surface area contributed by atoms with Crippen LogP contribution in [0.5, 0.6) is 0 Å². The topological polar surface area (TPSA) is 98.0 Å². The van der Waals surface area contributed by atoms with Crippen LogP contribution < -0.4 is 0 Å². The fraction of sp³-hybridized carbons (Fsp3) is 0.933. The van der Waals surface area contributed by atoms with E-state index in [1.165, 1.54) is 0 Å². The quantitative estimate of drug-likeness (QED) is 0.0829. The van der Waals surface area contributed by atoms with Crippen molar-refractivity contribution in [3.05, 3.63) is 0 Å². The molecule has 0 fully saturated rings. The first-order valence-corrected chi connectivity index (χ1v) is 16.8. The van der Waals surface area contributed by atoms with E-state index in [2.05, 4.69) is 75.3 Å². The average Bonchev–Trinajstić information content (AvgIpc) is 2.79. The van der Waals surface area contributed by atoms with Crippen molar-refractivity contribution in [1.82, 2.24) is 0 Å². The summed E-state index contributed by atoms with van der Waals surface area (Å²) in [6.07, 6.45) is 2.90. The molecular weight excluding hydrogens is 498 g/mol. The van der Waals surface area contributed by atoms with Gasteiger partial charge in [-0.2, -0.15) is 5.26 Å². The summed E-state index contributed by atoms with van der Waals surface area (Å²) in [4.78, 5) is 11.4. The van der Waals surface area contributed by atoms with Gasteiger partial charge in [0, 0.05) is 7.11 Å². The smallest absolute Gasteiger partial charge is 0.305 e. The first kappa shape index (κ1) is 37.0. The van der Waals surface area contributed by atoms with Crippen LogP contribution in [0.2, 0.25) is 16.6 Å². The van der Waals surface area contributed by atoms with E-state index in [1.807, 2.05) is 0 Å². The molecule has 0 aliphatic carbocycles. The van der Waals surface area contributed by atoms with Gasteiger partial charge in [0.15, 0.2) is 0 Å². The van der Waals surface area contributed by atoms with Gasteiger partial charge in [-0.25, -0.2) is 0 Å². The molecule has 0 aliphatic heterocycles. The van der Waals surface area contributed by atoms with Crippen molar-refractivity contribution in [2.75, 3.05) is 27.1 Å². The highest BCUT2D eigenvalue weighted by Gasteiger charge is 2.47. The van der Waals surface area contributed by atoms with E-state index in [0.29, 0.717) is 54.0 Å². The Kier molecular flexibility index (Phi) is 18.7. The number of carbonyl (C=O) groups is 1. The molecule has 0 heterocycles. The van der Waals surface area contributed by atoms with E-state index in [-0.39, 0.29) is 31.3 Å². The number of hydrogen-bond acceptors (Lipinski definition) is 6. The van der Waals surface area contributed by atoms with Crippen LogP contribution in [0.4, 0.5) is 0 Å². The average molecular weight is 558 g/mol. The van der Waals surface area contributed by atoms with Crippen LogP contribution in [0.25, 0.3) is 0 Å². The predicted molar refractivity (Wildman–Crippen MR) is 156 cm³/mol. The minimum Gasteiger partial charge on any atom is -0.481 e. The Hall–Kier alpha value is -0.983. The zero-order valence-electron chi connectivity index (χ0n) is 26.3. The van der Waals surface area contributed by atoms with E-state index in [0.717, 1.165) is 19.3 Å². The van der Waals surface area contributed by atoms with Crippen LogP contribution >= 0.6 is 0 Å². The summed E-state index contributed by atoms with van der Waals surface area (Å²) in [6.45, 7) is 23.5. The maximum Gasteiger partial charge on any atom is 0.305 e. The molecule has 0 aromatic carbocycles. The maximum atomic E-state index is 11.4. The Bertz CT molecular complexity index is 658. The molecule has 224 valence electrons. The van der Waals surface area contributed by atoms with Crippen molar-refractivity contribution >= 4 is 14.3 Å². The van der Waals surface area contributed by atoms with Gasteiger partial charge in [0.05, 0.1) is 44.3 Å². The highest BCUT2D eigenvalue weighted by molar-refractivity contribution is 6.77. The molecular formula is C30H59NO6Si. The maximum absolute atomic E-state index is 11.4. The molecule has 0 aromatic heterocycles. The third kappa shape index (κ3) is 12.9. The molecule has 0 saturated heterocycles. The van der Waals surface area contributed by atoms with Crippen LogP contribution in [0.15, 0.2) is 0 Å². The molecule has 38 heavy (non-hydrogen) atoms. The Morgan fingerprint density at radius 2 is 1.32 bits per heavy atom. The van der Waals surface area contributed by atoms with Gasteiger partial charge in [-0.1, -0.05) is 69.2 Å². The van der Waals surface area contributed by atoms with Crippen LogP contribution in [0, 0.1) is 35.0 Å². The fourth-order valence-electron chi connectivity index (χ4n) is 6.50. The molecule has 0 saturated carbocycles. The van der Waals surface area contributed by atoms with E-state index in [4.69, 9.17) is 18.6 Å². The SMILES string of the molecule is COCCOCO[C@@H](CC(=O)O)[C@@H](C)C[C@@H](C)C[C@@H](C)C[C@H](C)C(CC#N)O[Si](C(C)C)(C(C)C)C(C)C. The molecule has 1 N–H and O–H groups in total. The Labute approximate surface area is 235 Å². The van der Waals surface area contributed by atoms with Crippen LogP contribution in [0.3, 0.4) is 0 Å².